The Balaban J connectivity index is 2.36. The molecule has 2 aliphatic rings. The van der Waals surface area contributed by atoms with E-state index in [1.165, 1.54) is 0 Å². The number of esters is 2. The van der Waals surface area contributed by atoms with Crippen molar-refractivity contribution in [2.45, 2.75) is 44.5 Å². The van der Waals surface area contributed by atoms with Crippen molar-refractivity contribution in [2.24, 2.45) is 5.92 Å². The zero-order chi connectivity index (χ0) is 20.1. The Labute approximate surface area is 158 Å². The van der Waals surface area contributed by atoms with Gasteiger partial charge in [0.15, 0.2) is 0 Å². The Kier molecular flexibility index (Phi) is 7.12. The first-order valence-electron chi connectivity index (χ1n) is 8.83. The van der Waals surface area contributed by atoms with Crippen molar-refractivity contribution in [1.29, 1.82) is 0 Å². The SMILES string of the molecule is C=C(C(=O)OC1C/C(C)=C\CCC(CO)=CC2OC(=O)C(=C)C21)C(O)CO. The van der Waals surface area contributed by atoms with Gasteiger partial charge >= 0.3 is 11.9 Å². The molecular formula is C20H26O7. The summed E-state index contributed by atoms with van der Waals surface area (Å²) in [5.74, 6) is -2.05. The van der Waals surface area contributed by atoms with Gasteiger partial charge in [0, 0.05) is 12.0 Å². The van der Waals surface area contributed by atoms with Gasteiger partial charge in [-0.15, -0.1) is 0 Å². The van der Waals surface area contributed by atoms with Crippen LogP contribution in [-0.2, 0) is 19.1 Å². The molecule has 1 aliphatic carbocycles. The van der Waals surface area contributed by atoms with Gasteiger partial charge in [-0.1, -0.05) is 24.8 Å². The number of allylic oxidation sites excluding steroid dienone is 1. The molecule has 0 aromatic heterocycles. The third kappa shape index (κ3) is 4.94. The largest absolute Gasteiger partial charge is 0.458 e. The van der Waals surface area contributed by atoms with E-state index in [1.807, 2.05) is 13.0 Å². The van der Waals surface area contributed by atoms with E-state index in [4.69, 9.17) is 14.6 Å². The van der Waals surface area contributed by atoms with Crippen LogP contribution < -0.4 is 0 Å². The Morgan fingerprint density at radius 2 is 2.15 bits per heavy atom. The van der Waals surface area contributed by atoms with Crippen molar-refractivity contribution in [1.82, 2.24) is 0 Å². The first kappa shape index (κ1) is 21.1. The van der Waals surface area contributed by atoms with E-state index in [1.54, 1.807) is 6.08 Å². The lowest BCUT2D eigenvalue weighted by Gasteiger charge is -2.28. The molecule has 3 N–H and O–H groups in total. The van der Waals surface area contributed by atoms with E-state index >= 15 is 0 Å². The molecule has 7 heteroatoms. The number of hydrogen-bond acceptors (Lipinski definition) is 7. The van der Waals surface area contributed by atoms with Crippen molar-refractivity contribution in [3.8, 4) is 0 Å². The van der Waals surface area contributed by atoms with Crippen LogP contribution >= 0.6 is 0 Å². The van der Waals surface area contributed by atoms with Gasteiger partial charge < -0.3 is 24.8 Å². The normalized spacial score (nSPS) is 29.0. The molecule has 0 aromatic rings. The zero-order valence-electron chi connectivity index (χ0n) is 15.4. The fourth-order valence-electron chi connectivity index (χ4n) is 3.23. The third-order valence-corrected chi connectivity index (χ3v) is 4.84. The average Bonchev–Trinajstić information content (AvgIpc) is 2.92. The van der Waals surface area contributed by atoms with E-state index in [0.717, 1.165) is 11.1 Å². The molecule has 27 heavy (non-hydrogen) atoms. The Bertz CT molecular complexity index is 688. The fourth-order valence-corrected chi connectivity index (χ4v) is 3.23. The molecule has 2 rings (SSSR count). The average molecular weight is 378 g/mol. The number of rotatable bonds is 5. The van der Waals surface area contributed by atoms with Crippen LogP contribution in [0.1, 0.15) is 26.2 Å². The van der Waals surface area contributed by atoms with Gasteiger partial charge in [0.2, 0.25) is 0 Å². The van der Waals surface area contributed by atoms with Crippen molar-refractivity contribution >= 4 is 11.9 Å². The maximum atomic E-state index is 12.3. The number of fused-ring (bicyclic) bond motifs is 1. The lowest BCUT2D eigenvalue weighted by atomic mass is 9.85. The number of aliphatic hydroxyl groups is 3. The highest BCUT2D eigenvalue weighted by molar-refractivity contribution is 5.92. The minimum absolute atomic E-state index is 0.163. The Morgan fingerprint density at radius 3 is 2.78 bits per heavy atom. The predicted octanol–water partition coefficient (Wildman–Crippen LogP) is 0.954. The van der Waals surface area contributed by atoms with Crippen LogP contribution in [0.25, 0.3) is 0 Å². The molecule has 1 fully saturated rings. The Morgan fingerprint density at radius 1 is 1.44 bits per heavy atom. The summed E-state index contributed by atoms with van der Waals surface area (Å²) in [5.41, 5.74) is 1.60. The van der Waals surface area contributed by atoms with E-state index < -0.39 is 42.8 Å². The molecule has 4 unspecified atom stereocenters. The topological polar surface area (TPSA) is 113 Å². The number of hydrogen-bond donors (Lipinski definition) is 3. The van der Waals surface area contributed by atoms with Crippen LogP contribution in [0, 0.1) is 5.92 Å². The molecule has 1 saturated heterocycles. The van der Waals surface area contributed by atoms with Gasteiger partial charge in [-0.2, -0.15) is 0 Å². The van der Waals surface area contributed by atoms with E-state index in [-0.39, 0.29) is 17.8 Å². The van der Waals surface area contributed by atoms with Gasteiger partial charge in [-0.05, 0) is 31.4 Å². The van der Waals surface area contributed by atoms with Gasteiger partial charge in [-0.3, -0.25) is 0 Å². The highest BCUT2D eigenvalue weighted by Crippen LogP contribution is 2.36. The summed E-state index contributed by atoms with van der Waals surface area (Å²) in [6, 6.07) is 0. The smallest absolute Gasteiger partial charge is 0.336 e. The summed E-state index contributed by atoms with van der Waals surface area (Å²) < 4.78 is 10.9. The van der Waals surface area contributed by atoms with E-state index in [2.05, 4.69) is 13.2 Å². The van der Waals surface area contributed by atoms with Crippen LogP contribution in [0.2, 0.25) is 0 Å². The van der Waals surface area contributed by atoms with Crippen LogP contribution in [0.5, 0.6) is 0 Å². The van der Waals surface area contributed by atoms with Crippen LogP contribution in [0.4, 0.5) is 0 Å². The standard InChI is InChI=1S/C20H26O7/c1-11-5-4-6-14(9-21)8-17-18(13(3)20(25)27-17)16(7-11)26-19(24)12(2)15(23)10-22/h5,8,15-18,21-23H,2-4,6-7,9-10H2,1H3/b11-5-,14-8?. The summed E-state index contributed by atoms with van der Waals surface area (Å²) in [7, 11) is 0. The van der Waals surface area contributed by atoms with Crippen molar-refractivity contribution in [2.75, 3.05) is 13.2 Å². The Hall–Kier alpha value is -2.22. The van der Waals surface area contributed by atoms with Gasteiger partial charge in [0.05, 0.1) is 24.7 Å². The zero-order valence-corrected chi connectivity index (χ0v) is 15.4. The van der Waals surface area contributed by atoms with Crippen LogP contribution in [-0.4, -0.2) is 58.8 Å². The highest BCUT2D eigenvalue weighted by Gasteiger charge is 2.44. The summed E-state index contributed by atoms with van der Waals surface area (Å²) >= 11 is 0. The molecule has 0 saturated carbocycles. The molecule has 7 nitrogen and oxygen atoms in total. The predicted molar refractivity (Wildman–Crippen MR) is 97.4 cm³/mol. The highest BCUT2D eigenvalue weighted by atomic mass is 16.6. The van der Waals surface area contributed by atoms with Crippen molar-refractivity contribution in [3.05, 3.63) is 47.6 Å². The first-order valence-corrected chi connectivity index (χ1v) is 8.83. The molecule has 0 bridgehead atoms. The summed E-state index contributed by atoms with van der Waals surface area (Å²) in [4.78, 5) is 24.4. The molecule has 0 radical (unpaired) electrons. The maximum Gasteiger partial charge on any atom is 0.336 e. The van der Waals surface area contributed by atoms with E-state index in [0.29, 0.717) is 19.3 Å². The molecule has 1 heterocycles. The number of carbonyl (C=O) groups excluding carboxylic acids is 2. The summed E-state index contributed by atoms with van der Waals surface area (Å²) in [6.45, 7) is 8.32. The van der Waals surface area contributed by atoms with Crippen LogP contribution in [0.15, 0.2) is 47.6 Å². The van der Waals surface area contributed by atoms with Crippen molar-refractivity contribution in [3.63, 3.8) is 0 Å². The van der Waals surface area contributed by atoms with Crippen molar-refractivity contribution < 1.29 is 34.4 Å². The molecular weight excluding hydrogens is 352 g/mol. The molecule has 0 aromatic carbocycles. The quantitative estimate of drug-likeness (QED) is 0.371. The fraction of sp³-hybridized carbons (Fsp3) is 0.500. The summed E-state index contributed by atoms with van der Waals surface area (Å²) in [5, 5.41) is 28.2. The van der Waals surface area contributed by atoms with Gasteiger partial charge in [-0.25, -0.2) is 9.59 Å². The number of carbonyl (C=O) groups is 2. The molecule has 0 spiro atoms. The first-order chi connectivity index (χ1) is 12.8. The monoisotopic (exact) mass is 378 g/mol. The minimum Gasteiger partial charge on any atom is -0.458 e. The second-order valence-electron chi connectivity index (χ2n) is 6.86. The van der Waals surface area contributed by atoms with Crippen LogP contribution in [0.3, 0.4) is 0 Å². The number of ether oxygens (including phenoxy) is 2. The van der Waals surface area contributed by atoms with Gasteiger partial charge in [0.25, 0.3) is 0 Å². The second kappa shape index (κ2) is 9.12. The molecule has 0 amide bonds. The maximum absolute atomic E-state index is 12.3. The molecule has 1 aliphatic heterocycles. The molecule has 148 valence electrons. The van der Waals surface area contributed by atoms with E-state index in [9.17, 15) is 19.8 Å². The van der Waals surface area contributed by atoms with Gasteiger partial charge in [0.1, 0.15) is 18.3 Å². The minimum atomic E-state index is -1.42. The summed E-state index contributed by atoms with van der Waals surface area (Å²) in [6.07, 6.45) is 2.46. The number of aliphatic hydroxyl groups excluding tert-OH is 3. The third-order valence-electron chi connectivity index (χ3n) is 4.84. The lowest BCUT2D eigenvalue weighted by Crippen LogP contribution is -2.35. The lowest BCUT2D eigenvalue weighted by molar-refractivity contribution is -0.148. The second-order valence-corrected chi connectivity index (χ2v) is 6.86. The molecule has 4 atom stereocenters.